The Morgan fingerprint density at radius 1 is 1.35 bits per heavy atom. The zero-order valence-electron chi connectivity index (χ0n) is 14.2. The Labute approximate surface area is 150 Å². The van der Waals surface area contributed by atoms with Gasteiger partial charge in [0, 0.05) is 19.1 Å². The third-order valence-corrected chi connectivity index (χ3v) is 5.88. The number of nitrogens with one attached hydrogen (secondary N) is 2. The first kappa shape index (κ1) is 20.6. The van der Waals surface area contributed by atoms with Gasteiger partial charge in [-0.3, -0.25) is 0 Å². The van der Waals surface area contributed by atoms with Crippen molar-refractivity contribution in [2.45, 2.75) is 23.9 Å². The van der Waals surface area contributed by atoms with Crippen LogP contribution in [0.15, 0.2) is 23.1 Å². The maximum absolute atomic E-state index is 12.9. The van der Waals surface area contributed by atoms with Crippen molar-refractivity contribution in [1.82, 2.24) is 10.0 Å². The molecule has 0 aromatic heterocycles. The summed E-state index contributed by atoms with van der Waals surface area (Å²) >= 11 is 0. The molecule has 0 atom stereocenters. The maximum atomic E-state index is 12.9. The zero-order chi connectivity index (χ0) is 19.4. The molecule has 0 aliphatic carbocycles. The van der Waals surface area contributed by atoms with Crippen molar-refractivity contribution >= 4 is 10.0 Å². The highest BCUT2D eigenvalue weighted by atomic mass is 32.2. The molecular formula is C16H20F3N3O3S. The normalized spacial score (nSPS) is 17.7. The van der Waals surface area contributed by atoms with Crippen LogP contribution in [0.1, 0.15) is 24.0 Å². The van der Waals surface area contributed by atoms with Crippen LogP contribution >= 0.6 is 0 Å². The van der Waals surface area contributed by atoms with Gasteiger partial charge in [0.2, 0.25) is 10.0 Å². The summed E-state index contributed by atoms with van der Waals surface area (Å²) in [5.41, 5.74) is -2.26. The minimum Gasteiger partial charge on any atom is -0.384 e. The number of ether oxygens (including phenoxy) is 1. The van der Waals surface area contributed by atoms with Crippen molar-refractivity contribution in [2.75, 3.05) is 33.4 Å². The van der Waals surface area contributed by atoms with Crippen LogP contribution in [0.25, 0.3) is 0 Å². The van der Waals surface area contributed by atoms with Crippen molar-refractivity contribution in [3.05, 3.63) is 29.3 Å². The Morgan fingerprint density at radius 2 is 2.00 bits per heavy atom. The molecule has 0 unspecified atom stereocenters. The molecular weight excluding hydrogens is 371 g/mol. The highest BCUT2D eigenvalue weighted by Crippen LogP contribution is 2.33. The second-order valence-electron chi connectivity index (χ2n) is 6.32. The fraction of sp³-hybridized carbons (Fsp3) is 0.562. The second-order valence-corrected chi connectivity index (χ2v) is 8.09. The second kappa shape index (κ2) is 7.92. The van der Waals surface area contributed by atoms with Crippen LogP contribution in [0.3, 0.4) is 0 Å². The fourth-order valence-corrected chi connectivity index (χ4v) is 4.18. The van der Waals surface area contributed by atoms with Crippen molar-refractivity contribution < 1.29 is 26.3 Å². The molecule has 0 saturated carbocycles. The summed E-state index contributed by atoms with van der Waals surface area (Å²) < 4.78 is 71.2. The predicted molar refractivity (Wildman–Crippen MR) is 87.8 cm³/mol. The van der Waals surface area contributed by atoms with Crippen LogP contribution in [-0.4, -0.2) is 41.8 Å². The minimum atomic E-state index is -4.72. The number of nitriles is 1. The molecule has 10 heteroatoms. The van der Waals surface area contributed by atoms with Gasteiger partial charge < -0.3 is 10.1 Å². The lowest BCUT2D eigenvalue weighted by molar-refractivity contribution is -0.137. The summed E-state index contributed by atoms with van der Waals surface area (Å²) in [4.78, 5) is -0.372. The van der Waals surface area contributed by atoms with Gasteiger partial charge in [0.1, 0.15) is 0 Å². The largest absolute Gasteiger partial charge is 0.417 e. The lowest BCUT2D eigenvalue weighted by Crippen LogP contribution is -2.47. The van der Waals surface area contributed by atoms with Crippen molar-refractivity contribution in [3.63, 3.8) is 0 Å². The van der Waals surface area contributed by atoms with Gasteiger partial charge >= 0.3 is 6.18 Å². The van der Waals surface area contributed by atoms with Crippen LogP contribution in [-0.2, 0) is 20.9 Å². The molecule has 1 aliphatic heterocycles. The summed E-state index contributed by atoms with van der Waals surface area (Å²) in [6.45, 7) is 1.93. The third-order valence-electron chi connectivity index (χ3n) is 4.48. The predicted octanol–water partition coefficient (Wildman–Crippen LogP) is 1.87. The number of piperidine rings is 1. The molecule has 26 heavy (non-hydrogen) atoms. The minimum absolute atomic E-state index is 0.105. The molecule has 1 aliphatic rings. The SMILES string of the molecule is COCC1(CNS(=O)(=O)c2ccc(C(F)(F)F)c(C#N)c2)CCNCC1. The number of hydrogen-bond donors (Lipinski definition) is 2. The third kappa shape index (κ3) is 4.73. The van der Waals surface area contributed by atoms with Crippen LogP contribution in [0.4, 0.5) is 13.2 Å². The highest BCUT2D eigenvalue weighted by molar-refractivity contribution is 7.89. The smallest absolute Gasteiger partial charge is 0.384 e. The number of hydrogen-bond acceptors (Lipinski definition) is 5. The molecule has 1 fully saturated rings. The van der Waals surface area contributed by atoms with Gasteiger partial charge in [0.05, 0.1) is 28.7 Å². The van der Waals surface area contributed by atoms with E-state index in [1.807, 2.05) is 0 Å². The van der Waals surface area contributed by atoms with Crippen LogP contribution in [0.2, 0.25) is 0 Å². The number of alkyl halides is 3. The van der Waals surface area contributed by atoms with Gasteiger partial charge in [0.15, 0.2) is 0 Å². The van der Waals surface area contributed by atoms with E-state index in [0.29, 0.717) is 25.5 Å². The number of rotatable bonds is 6. The summed E-state index contributed by atoms with van der Waals surface area (Å²) in [7, 11) is -2.52. The molecule has 1 aromatic carbocycles. The number of sulfonamides is 1. The molecule has 0 radical (unpaired) electrons. The standard InChI is InChI=1S/C16H20F3N3O3S/c1-25-11-15(4-6-21-7-5-15)10-22-26(23,24)13-2-3-14(16(17,18)19)12(8-13)9-20/h2-3,8,21-22H,4-7,10-11H2,1H3. The molecule has 1 saturated heterocycles. The number of halogens is 3. The van der Waals surface area contributed by atoms with Gasteiger partial charge in [-0.1, -0.05) is 0 Å². The molecule has 144 valence electrons. The van der Waals surface area contributed by atoms with Gasteiger partial charge in [-0.15, -0.1) is 0 Å². The average Bonchev–Trinajstić information content (AvgIpc) is 2.60. The lowest BCUT2D eigenvalue weighted by Gasteiger charge is -2.37. The fourth-order valence-electron chi connectivity index (χ4n) is 3.00. The Kier molecular flexibility index (Phi) is 6.29. The topological polar surface area (TPSA) is 91.2 Å². The molecule has 0 amide bonds. The van der Waals surface area contributed by atoms with Crippen molar-refractivity contribution in [1.29, 1.82) is 5.26 Å². The van der Waals surface area contributed by atoms with E-state index < -0.39 is 27.3 Å². The summed E-state index contributed by atoms with van der Waals surface area (Å²) in [6.07, 6.45) is -3.31. The maximum Gasteiger partial charge on any atom is 0.417 e. The monoisotopic (exact) mass is 391 g/mol. The number of nitrogens with zero attached hydrogens (tertiary/aromatic N) is 1. The summed E-state index contributed by atoms with van der Waals surface area (Å²) in [5, 5.41) is 12.1. The van der Waals surface area contributed by atoms with E-state index in [4.69, 9.17) is 10.00 Å². The lowest BCUT2D eigenvalue weighted by atomic mass is 9.80. The van der Waals surface area contributed by atoms with Crippen LogP contribution in [0, 0.1) is 16.7 Å². The molecule has 6 nitrogen and oxygen atoms in total. The molecule has 1 heterocycles. The van der Waals surface area contributed by atoms with Gasteiger partial charge in [-0.05, 0) is 44.1 Å². The van der Waals surface area contributed by atoms with Gasteiger partial charge in [0.25, 0.3) is 0 Å². The Bertz CT molecular complexity index is 777. The quantitative estimate of drug-likeness (QED) is 0.773. The Morgan fingerprint density at radius 3 is 2.54 bits per heavy atom. The van der Waals surface area contributed by atoms with Gasteiger partial charge in [-0.25, -0.2) is 13.1 Å². The van der Waals surface area contributed by atoms with E-state index in [1.165, 1.54) is 13.2 Å². The van der Waals surface area contributed by atoms with Crippen molar-refractivity contribution in [2.24, 2.45) is 5.41 Å². The van der Waals surface area contributed by atoms with E-state index in [2.05, 4.69) is 10.0 Å². The van der Waals surface area contributed by atoms with E-state index in [9.17, 15) is 21.6 Å². The highest BCUT2D eigenvalue weighted by Gasteiger charge is 2.36. The first-order valence-corrected chi connectivity index (χ1v) is 9.43. The Hall–Kier alpha value is -1.67. The van der Waals surface area contributed by atoms with E-state index in [-0.39, 0.29) is 16.9 Å². The number of methoxy groups -OCH3 is 1. The first-order valence-electron chi connectivity index (χ1n) is 7.94. The molecule has 0 bridgehead atoms. The molecule has 1 aromatic rings. The first-order chi connectivity index (χ1) is 12.1. The molecule has 2 N–H and O–H groups in total. The number of benzene rings is 1. The summed E-state index contributed by atoms with van der Waals surface area (Å²) in [6, 6.07) is 3.63. The summed E-state index contributed by atoms with van der Waals surface area (Å²) in [5.74, 6) is 0. The van der Waals surface area contributed by atoms with Crippen LogP contribution < -0.4 is 10.0 Å². The van der Waals surface area contributed by atoms with E-state index in [0.717, 1.165) is 25.2 Å². The molecule has 0 spiro atoms. The zero-order valence-corrected chi connectivity index (χ0v) is 15.0. The van der Waals surface area contributed by atoms with Crippen LogP contribution in [0.5, 0.6) is 0 Å². The Balaban J connectivity index is 2.23. The van der Waals surface area contributed by atoms with E-state index in [1.54, 1.807) is 0 Å². The average molecular weight is 391 g/mol. The molecule has 2 rings (SSSR count). The van der Waals surface area contributed by atoms with Gasteiger partial charge in [-0.2, -0.15) is 18.4 Å². The van der Waals surface area contributed by atoms with E-state index >= 15 is 0 Å². The van der Waals surface area contributed by atoms with Crippen molar-refractivity contribution in [3.8, 4) is 6.07 Å².